The smallest absolute Gasteiger partial charge is 0.370 e. The first-order valence-corrected chi connectivity index (χ1v) is 8.47. The Labute approximate surface area is 160 Å². The molecule has 2 amide bonds. The summed E-state index contributed by atoms with van der Waals surface area (Å²) in [6.45, 7) is 0.798. The number of aliphatic hydroxyl groups excluding tert-OH is 3. The molecule has 0 radical (unpaired) electrons. The largest absolute Gasteiger partial charge is 0.478 e. The summed E-state index contributed by atoms with van der Waals surface area (Å²) < 4.78 is 5.17. The van der Waals surface area contributed by atoms with E-state index in [1.807, 2.05) is 0 Å². The molecule has 1 aliphatic rings. The molecule has 2 rings (SSSR count). The zero-order valence-electron chi connectivity index (χ0n) is 15.0. The van der Waals surface area contributed by atoms with Gasteiger partial charge in [0, 0.05) is 19.0 Å². The maximum Gasteiger partial charge on any atom is 0.370 e. The Hall–Kier alpha value is -2.95. The number of hydrogen-bond donors (Lipinski definition) is 6. The van der Waals surface area contributed by atoms with Crippen LogP contribution in [0.2, 0.25) is 0 Å². The third-order valence-electron chi connectivity index (χ3n) is 4.13. The van der Waals surface area contributed by atoms with Gasteiger partial charge in [0.15, 0.2) is 6.10 Å². The fraction of sp³-hybridized carbons (Fsp3) is 0.389. The van der Waals surface area contributed by atoms with E-state index in [-0.39, 0.29) is 6.54 Å². The van der Waals surface area contributed by atoms with Crippen LogP contribution in [0, 0.1) is 0 Å². The molecular formula is C18H22N2O8. The van der Waals surface area contributed by atoms with E-state index in [2.05, 4.69) is 10.6 Å². The van der Waals surface area contributed by atoms with Crippen LogP contribution < -0.4 is 10.6 Å². The van der Waals surface area contributed by atoms with E-state index < -0.39 is 54.0 Å². The fourth-order valence-electron chi connectivity index (χ4n) is 2.75. The highest BCUT2D eigenvalue weighted by Gasteiger charge is 2.43. The number of amides is 2. The number of nitrogens with one attached hydrogen (secondary N) is 2. The lowest BCUT2D eigenvalue weighted by Crippen LogP contribution is -2.60. The van der Waals surface area contributed by atoms with Crippen LogP contribution in [0.3, 0.4) is 0 Å². The molecule has 10 nitrogen and oxygen atoms in total. The molecule has 0 aromatic heterocycles. The van der Waals surface area contributed by atoms with Gasteiger partial charge in [-0.25, -0.2) is 4.79 Å². The minimum absolute atomic E-state index is 0.348. The number of aliphatic hydroxyl groups is 3. The second kappa shape index (κ2) is 9.31. The molecule has 152 valence electrons. The van der Waals surface area contributed by atoms with E-state index in [0.717, 1.165) is 6.08 Å². The molecule has 4 unspecified atom stereocenters. The number of aliphatic carboxylic acids is 1. The number of hydrogen-bond acceptors (Lipinski definition) is 7. The van der Waals surface area contributed by atoms with Crippen LogP contribution in [-0.2, 0) is 14.3 Å². The van der Waals surface area contributed by atoms with Gasteiger partial charge in [0.2, 0.25) is 11.7 Å². The number of benzene rings is 1. The number of ether oxygens (including phenoxy) is 1. The Morgan fingerprint density at radius 2 is 1.82 bits per heavy atom. The minimum atomic E-state index is -1.72. The number of carbonyl (C=O) groups is 3. The lowest BCUT2D eigenvalue weighted by molar-refractivity contribution is -0.147. The molecule has 10 heteroatoms. The lowest BCUT2D eigenvalue weighted by atomic mass is 9.93. The molecule has 0 bridgehead atoms. The lowest BCUT2D eigenvalue weighted by Gasteiger charge is -2.38. The Bertz CT molecular complexity index is 751. The molecule has 1 aromatic carbocycles. The van der Waals surface area contributed by atoms with Crippen molar-refractivity contribution in [1.29, 1.82) is 0 Å². The van der Waals surface area contributed by atoms with Gasteiger partial charge >= 0.3 is 5.97 Å². The SMILES string of the molecule is CC(=O)NC1C(C(O)C(O)CNC(=O)c2ccccc2)OC(C(=O)O)=C[C@H]1O. The van der Waals surface area contributed by atoms with Gasteiger partial charge in [-0.3, -0.25) is 9.59 Å². The van der Waals surface area contributed by atoms with Crippen molar-refractivity contribution in [3.63, 3.8) is 0 Å². The average Bonchev–Trinajstić information content (AvgIpc) is 2.66. The zero-order chi connectivity index (χ0) is 20.8. The van der Waals surface area contributed by atoms with Gasteiger partial charge in [-0.2, -0.15) is 0 Å². The van der Waals surface area contributed by atoms with Crippen LogP contribution in [0.1, 0.15) is 17.3 Å². The Kier molecular flexibility index (Phi) is 7.10. The molecule has 0 saturated heterocycles. The molecule has 1 aliphatic heterocycles. The average molecular weight is 394 g/mol. The second-order valence-corrected chi connectivity index (χ2v) is 6.27. The molecule has 1 aromatic rings. The molecule has 5 atom stereocenters. The predicted molar refractivity (Wildman–Crippen MR) is 95.0 cm³/mol. The molecule has 0 fully saturated rings. The number of carbonyl (C=O) groups excluding carboxylic acids is 2. The quantitative estimate of drug-likeness (QED) is 0.321. The molecule has 0 aliphatic carbocycles. The van der Waals surface area contributed by atoms with Crippen LogP contribution >= 0.6 is 0 Å². The van der Waals surface area contributed by atoms with Crippen molar-refractivity contribution in [2.45, 2.75) is 37.4 Å². The standard InChI is InChI=1S/C18H22N2O8/c1-9(21)20-14-11(22)7-13(18(26)27)28-16(14)15(24)12(23)8-19-17(25)10-5-3-2-4-6-10/h2-7,11-12,14-16,22-24H,8H2,1H3,(H,19,25)(H,20,21)(H,26,27)/t11-,12?,14?,15?,16?/m1/s1. The first-order chi connectivity index (χ1) is 13.2. The summed E-state index contributed by atoms with van der Waals surface area (Å²) in [5.74, 6) is -3.15. The molecular weight excluding hydrogens is 372 g/mol. The van der Waals surface area contributed by atoms with Gasteiger partial charge < -0.3 is 35.8 Å². The summed E-state index contributed by atoms with van der Waals surface area (Å²) in [6.07, 6.45) is -5.32. The highest BCUT2D eigenvalue weighted by molar-refractivity contribution is 5.94. The summed E-state index contributed by atoms with van der Waals surface area (Å²) in [6, 6.07) is 6.99. The molecule has 0 spiro atoms. The number of carboxylic acid groups (broad SMARTS) is 1. The van der Waals surface area contributed by atoms with E-state index >= 15 is 0 Å². The minimum Gasteiger partial charge on any atom is -0.478 e. The van der Waals surface area contributed by atoms with E-state index in [9.17, 15) is 29.7 Å². The van der Waals surface area contributed by atoms with Crippen molar-refractivity contribution >= 4 is 17.8 Å². The Morgan fingerprint density at radius 1 is 1.18 bits per heavy atom. The monoisotopic (exact) mass is 394 g/mol. The zero-order valence-corrected chi connectivity index (χ0v) is 15.0. The number of carboxylic acids is 1. The van der Waals surface area contributed by atoms with Crippen LogP contribution in [0.4, 0.5) is 0 Å². The van der Waals surface area contributed by atoms with Crippen molar-refractivity contribution in [2.75, 3.05) is 6.54 Å². The van der Waals surface area contributed by atoms with Crippen molar-refractivity contribution in [2.24, 2.45) is 0 Å². The first-order valence-electron chi connectivity index (χ1n) is 8.47. The van der Waals surface area contributed by atoms with E-state index in [4.69, 9.17) is 9.84 Å². The summed E-state index contributed by atoms with van der Waals surface area (Å²) in [4.78, 5) is 34.5. The van der Waals surface area contributed by atoms with Crippen molar-refractivity contribution in [1.82, 2.24) is 10.6 Å². The topological polar surface area (TPSA) is 165 Å². The summed E-state index contributed by atoms with van der Waals surface area (Å²) >= 11 is 0. The van der Waals surface area contributed by atoms with Crippen LogP contribution in [-0.4, -0.2) is 75.2 Å². The molecule has 1 heterocycles. The van der Waals surface area contributed by atoms with Crippen LogP contribution in [0.15, 0.2) is 42.2 Å². The highest BCUT2D eigenvalue weighted by atomic mass is 16.5. The van der Waals surface area contributed by atoms with Gasteiger partial charge in [-0.15, -0.1) is 0 Å². The molecule has 6 N–H and O–H groups in total. The maximum atomic E-state index is 12.0. The Morgan fingerprint density at radius 3 is 2.39 bits per heavy atom. The third kappa shape index (κ3) is 5.28. The van der Waals surface area contributed by atoms with Gasteiger partial charge in [0.25, 0.3) is 5.91 Å². The van der Waals surface area contributed by atoms with Gasteiger partial charge in [-0.05, 0) is 18.2 Å². The normalized spacial score (nSPS) is 23.6. The predicted octanol–water partition coefficient (Wildman–Crippen LogP) is -1.63. The highest BCUT2D eigenvalue weighted by Crippen LogP contribution is 2.23. The molecule has 28 heavy (non-hydrogen) atoms. The van der Waals surface area contributed by atoms with Gasteiger partial charge in [0.05, 0.1) is 6.04 Å². The van der Waals surface area contributed by atoms with Crippen molar-refractivity contribution in [3.8, 4) is 0 Å². The van der Waals surface area contributed by atoms with Crippen LogP contribution in [0.5, 0.6) is 0 Å². The van der Waals surface area contributed by atoms with E-state index in [1.54, 1.807) is 30.3 Å². The summed E-state index contributed by atoms with van der Waals surface area (Å²) in [5, 5.41) is 44.6. The van der Waals surface area contributed by atoms with Gasteiger partial charge in [-0.1, -0.05) is 18.2 Å². The van der Waals surface area contributed by atoms with E-state index in [0.29, 0.717) is 5.56 Å². The van der Waals surface area contributed by atoms with Crippen molar-refractivity contribution < 1.29 is 39.5 Å². The fourth-order valence-corrected chi connectivity index (χ4v) is 2.75. The summed E-state index contributed by atoms with van der Waals surface area (Å²) in [5.41, 5.74) is 0.348. The van der Waals surface area contributed by atoms with E-state index in [1.165, 1.54) is 6.92 Å². The van der Waals surface area contributed by atoms with Gasteiger partial charge in [0.1, 0.15) is 18.3 Å². The Balaban J connectivity index is 2.08. The second-order valence-electron chi connectivity index (χ2n) is 6.27. The third-order valence-corrected chi connectivity index (χ3v) is 4.13. The molecule has 0 saturated carbocycles. The number of rotatable bonds is 7. The first kappa shape index (κ1) is 21.4. The maximum absolute atomic E-state index is 12.0. The van der Waals surface area contributed by atoms with Crippen LogP contribution in [0.25, 0.3) is 0 Å². The van der Waals surface area contributed by atoms with Crippen molar-refractivity contribution in [3.05, 3.63) is 47.7 Å². The summed E-state index contributed by atoms with van der Waals surface area (Å²) in [7, 11) is 0.